The Bertz CT molecular complexity index is 406. The lowest BCUT2D eigenvalue weighted by atomic mass is 10.2. The van der Waals surface area contributed by atoms with E-state index in [0.29, 0.717) is 29.5 Å². The fourth-order valence-electron chi connectivity index (χ4n) is 1.45. The quantitative estimate of drug-likeness (QED) is 0.543. The monoisotopic (exact) mass is 286 g/mol. The Morgan fingerprint density at radius 3 is 2.74 bits per heavy atom. The third-order valence-electron chi connectivity index (χ3n) is 2.49. The van der Waals surface area contributed by atoms with E-state index < -0.39 is 5.97 Å². The lowest BCUT2D eigenvalue weighted by molar-refractivity contribution is 0.0311. The van der Waals surface area contributed by atoms with Gasteiger partial charge in [-0.25, -0.2) is 4.79 Å². The molecule has 0 spiro atoms. The molecular weight excluding hydrogens is 268 g/mol. The van der Waals surface area contributed by atoms with Gasteiger partial charge in [-0.15, -0.1) is 0 Å². The summed E-state index contributed by atoms with van der Waals surface area (Å²) in [4.78, 5) is 11.8. The number of hydrogen-bond donors (Lipinski definition) is 0. The van der Waals surface area contributed by atoms with Crippen LogP contribution in [0.15, 0.2) is 18.2 Å². The Morgan fingerprint density at radius 2 is 2.05 bits per heavy atom. The zero-order chi connectivity index (χ0) is 14.1. The summed E-state index contributed by atoms with van der Waals surface area (Å²) in [6.07, 6.45) is 2.10. The van der Waals surface area contributed by atoms with Crippen molar-refractivity contribution in [1.29, 1.82) is 0 Å². The molecule has 0 aliphatic heterocycles. The molecule has 0 amide bonds. The minimum absolute atomic E-state index is 0.230. The van der Waals surface area contributed by atoms with Crippen LogP contribution in [0, 0.1) is 0 Å². The van der Waals surface area contributed by atoms with Crippen LogP contribution in [-0.4, -0.2) is 32.9 Å². The topological polar surface area (TPSA) is 44.8 Å². The zero-order valence-corrected chi connectivity index (χ0v) is 12.0. The van der Waals surface area contributed by atoms with Gasteiger partial charge in [0.05, 0.1) is 13.7 Å². The molecule has 0 aromatic heterocycles. The van der Waals surface area contributed by atoms with Gasteiger partial charge in [0.15, 0.2) is 0 Å². The van der Waals surface area contributed by atoms with Crippen LogP contribution < -0.4 is 4.74 Å². The summed E-state index contributed by atoms with van der Waals surface area (Å²) in [5.74, 6) is -0.0305. The van der Waals surface area contributed by atoms with Gasteiger partial charge in [0, 0.05) is 11.6 Å². The SMILES string of the molecule is CCCCOCCOC(=O)c1ccc(Cl)cc1OC. The zero-order valence-electron chi connectivity index (χ0n) is 11.3. The van der Waals surface area contributed by atoms with Crippen LogP contribution in [0.5, 0.6) is 5.75 Å². The van der Waals surface area contributed by atoms with Crippen molar-refractivity contribution >= 4 is 17.6 Å². The van der Waals surface area contributed by atoms with Crippen LogP contribution in [0.2, 0.25) is 5.02 Å². The first-order chi connectivity index (χ1) is 9.19. The highest BCUT2D eigenvalue weighted by molar-refractivity contribution is 6.30. The van der Waals surface area contributed by atoms with Crippen LogP contribution in [0.3, 0.4) is 0 Å². The van der Waals surface area contributed by atoms with Gasteiger partial charge in [-0.05, 0) is 24.6 Å². The number of carbonyl (C=O) groups is 1. The highest BCUT2D eigenvalue weighted by Gasteiger charge is 2.13. The molecule has 0 heterocycles. The van der Waals surface area contributed by atoms with E-state index in [1.54, 1.807) is 18.2 Å². The normalized spacial score (nSPS) is 10.3. The van der Waals surface area contributed by atoms with E-state index in [4.69, 9.17) is 25.8 Å². The van der Waals surface area contributed by atoms with Crippen molar-refractivity contribution in [3.63, 3.8) is 0 Å². The maximum absolute atomic E-state index is 11.8. The number of hydrogen-bond acceptors (Lipinski definition) is 4. The van der Waals surface area contributed by atoms with Gasteiger partial charge < -0.3 is 14.2 Å². The number of unbranched alkanes of at least 4 members (excludes halogenated alkanes) is 1. The summed E-state index contributed by atoms with van der Waals surface area (Å²) in [5.41, 5.74) is 0.362. The van der Waals surface area contributed by atoms with Crippen molar-refractivity contribution in [3.05, 3.63) is 28.8 Å². The molecular formula is C14H19ClO4. The first-order valence-corrected chi connectivity index (χ1v) is 6.65. The molecule has 1 aromatic carbocycles. The molecule has 0 N–H and O–H groups in total. The molecule has 0 saturated carbocycles. The first-order valence-electron chi connectivity index (χ1n) is 6.27. The van der Waals surface area contributed by atoms with Crippen LogP contribution in [0.25, 0.3) is 0 Å². The second-order valence-electron chi connectivity index (χ2n) is 3.95. The molecule has 1 rings (SSSR count). The third kappa shape index (κ3) is 5.49. The number of methoxy groups -OCH3 is 1. The Hall–Kier alpha value is -1.26. The highest BCUT2D eigenvalue weighted by Crippen LogP contribution is 2.23. The van der Waals surface area contributed by atoms with Gasteiger partial charge in [-0.2, -0.15) is 0 Å². The number of rotatable bonds is 8. The minimum atomic E-state index is -0.437. The van der Waals surface area contributed by atoms with Gasteiger partial charge in [0.25, 0.3) is 0 Å². The fourth-order valence-corrected chi connectivity index (χ4v) is 1.62. The summed E-state index contributed by atoms with van der Waals surface area (Å²) < 4.78 is 15.5. The van der Waals surface area contributed by atoms with Crippen molar-refractivity contribution < 1.29 is 19.0 Å². The van der Waals surface area contributed by atoms with Gasteiger partial charge in [0.1, 0.15) is 17.9 Å². The van der Waals surface area contributed by atoms with E-state index in [2.05, 4.69) is 6.92 Å². The van der Waals surface area contributed by atoms with Gasteiger partial charge in [0.2, 0.25) is 0 Å². The van der Waals surface area contributed by atoms with E-state index in [1.807, 2.05) is 0 Å². The lowest BCUT2D eigenvalue weighted by Gasteiger charge is -2.09. The summed E-state index contributed by atoms with van der Waals surface area (Å²) in [5, 5.41) is 0.510. The van der Waals surface area contributed by atoms with E-state index in [9.17, 15) is 4.79 Å². The van der Waals surface area contributed by atoms with E-state index in [1.165, 1.54) is 7.11 Å². The summed E-state index contributed by atoms with van der Waals surface area (Å²) in [7, 11) is 1.48. The molecule has 0 saturated heterocycles. The molecule has 0 radical (unpaired) electrons. The molecule has 1 aromatic rings. The largest absolute Gasteiger partial charge is 0.496 e. The van der Waals surface area contributed by atoms with Crippen LogP contribution in [-0.2, 0) is 9.47 Å². The number of halogens is 1. The lowest BCUT2D eigenvalue weighted by Crippen LogP contribution is -2.12. The van der Waals surface area contributed by atoms with Crippen molar-refractivity contribution in [2.24, 2.45) is 0 Å². The maximum Gasteiger partial charge on any atom is 0.342 e. The molecule has 19 heavy (non-hydrogen) atoms. The van der Waals surface area contributed by atoms with Crippen LogP contribution in [0.1, 0.15) is 30.1 Å². The summed E-state index contributed by atoms with van der Waals surface area (Å²) in [6, 6.07) is 4.79. The standard InChI is InChI=1S/C14H19ClO4/c1-3-4-7-18-8-9-19-14(16)12-6-5-11(15)10-13(12)17-2/h5-6,10H,3-4,7-9H2,1-2H3. The Morgan fingerprint density at radius 1 is 1.26 bits per heavy atom. The molecule has 4 nitrogen and oxygen atoms in total. The average Bonchev–Trinajstić information content (AvgIpc) is 2.42. The van der Waals surface area contributed by atoms with E-state index >= 15 is 0 Å². The predicted octanol–water partition coefficient (Wildman–Crippen LogP) is 3.32. The number of esters is 1. The molecule has 0 aliphatic rings. The Balaban J connectivity index is 2.41. The van der Waals surface area contributed by atoms with Gasteiger partial charge in [-0.3, -0.25) is 0 Å². The molecule has 0 unspecified atom stereocenters. The van der Waals surface area contributed by atoms with Gasteiger partial charge >= 0.3 is 5.97 Å². The maximum atomic E-state index is 11.8. The van der Waals surface area contributed by atoms with E-state index in [-0.39, 0.29) is 6.61 Å². The summed E-state index contributed by atoms with van der Waals surface area (Å²) in [6.45, 7) is 3.42. The van der Waals surface area contributed by atoms with Crippen molar-refractivity contribution in [1.82, 2.24) is 0 Å². The fraction of sp³-hybridized carbons (Fsp3) is 0.500. The molecule has 0 atom stereocenters. The number of ether oxygens (including phenoxy) is 3. The van der Waals surface area contributed by atoms with Crippen molar-refractivity contribution in [3.8, 4) is 5.75 Å². The smallest absolute Gasteiger partial charge is 0.342 e. The second-order valence-corrected chi connectivity index (χ2v) is 4.38. The second kappa shape index (κ2) is 8.77. The van der Waals surface area contributed by atoms with Crippen LogP contribution >= 0.6 is 11.6 Å². The molecule has 0 bridgehead atoms. The average molecular weight is 287 g/mol. The molecule has 5 heteroatoms. The first kappa shape index (κ1) is 15.8. The number of benzene rings is 1. The van der Waals surface area contributed by atoms with Gasteiger partial charge in [-0.1, -0.05) is 24.9 Å². The molecule has 106 valence electrons. The highest BCUT2D eigenvalue weighted by atomic mass is 35.5. The number of carbonyl (C=O) groups excluding carboxylic acids is 1. The van der Waals surface area contributed by atoms with Crippen LogP contribution in [0.4, 0.5) is 0 Å². The minimum Gasteiger partial charge on any atom is -0.496 e. The molecule has 0 aliphatic carbocycles. The predicted molar refractivity (Wildman–Crippen MR) is 74.0 cm³/mol. The van der Waals surface area contributed by atoms with Crippen molar-refractivity contribution in [2.45, 2.75) is 19.8 Å². The summed E-state index contributed by atoms with van der Waals surface area (Å²) >= 11 is 5.82. The molecule has 0 fully saturated rings. The Kier molecular flexibility index (Phi) is 7.30. The third-order valence-corrected chi connectivity index (χ3v) is 2.72. The Labute approximate surface area is 118 Å². The van der Waals surface area contributed by atoms with E-state index in [0.717, 1.165) is 12.8 Å². The van der Waals surface area contributed by atoms with Crippen molar-refractivity contribution in [2.75, 3.05) is 26.9 Å².